The second-order valence-electron chi connectivity index (χ2n) is 3.15. The Morgan fingerprint density at radius 3 is 2.47 bits per heavy atom. The summed E-state index contributed by atoms with van der Waals surface area (Å²) in [5.74, 6) is -1.33. The van der Waals surface area contributed by atoms with Crippen LogP contribution in [-0.4, -0.2) is 16.8 Å². The molecule has 88 valence electrons. The molecule has 0 radical (unpaired) electrons. The zero-order valence-electron chi connectivity index (χ0n) is 8.48. The predicted molar refractivity (Wildman–Crippen MR) is 54.1 cm³/mol. The maximum absolute atomic E-state index is 13.4. The van der Waals surface area contributed by atoms with Crippen molar-refractivity contribution in [3.05, 3.63) is 42.5 Å². The van der Waals surface area contributed by atoms with Crippen LogP contribution in [-0.2, 0) is 0 Å². The molecule has 17 heavy (non-hydrogen) atoms. The molecule has 1 aromatic carbocycles. The third-order valence-electron chi connectivity index (χ3n) is 2.07. The van der Waals surface area contributed by atoms with E-state index in [0.29, 0.717) is 11.1 Å². The Morgan fingerprint density at radius 1 is 1.06 bits per heavy atom. The summed E-state index contributed by atoms with van der Waals surface area (Å²) in [5.41, 5.74) is 1.15. The first-order chi connectivity index (χ1) is 8.16. The molecule has 2 rings (SSSR count). The Hall–Kier alpha value is -2.11. The van der Waals surface area contributed by atoms with Crippen LogP contribution in [0.2, 0.25) is 0 Å². The van der Waals surface area contributed by atoms with Gasteiger partial charge in [0.15, 0.2) is 11.6 Å². The molecule has 2 aromatic rings. The number of ether oxygens (including phenoxy) is 1. The van der Waals surface area contributed by atoms with Crippen LogP contribution in [0.4, 0.5) is 13.2 Å². The van der Waals surface area contributed by atoms with Crippen molar-refractivity contribution in [1.82, 2.24) is 10.2 Å². The van der Waals surface area contributed by atoms with Crippen molar-refractivity contribution in [1.29, 1.82) is 0 Å². The lowest BCUT2D eigenvalue weighted by Crippen LogP contribution is -2.03. The molecule has 6 heteroatoms. The monoisotopic (exact) mass is 240 g/mol. The molecule has 0 aliphatic carbocycles. The minimum absolute atomic E-state index is 0.481. The predicted octanol–water partition coefficient (Wildman–Crippen LogP) is 2.88. The van der Waals surface area contributed by atoms with Gasteiger partial charge >= 0.3 is 6.61 Å². The van der Waals surface area contributed by atoms with E-state index in [-0.39, 0.29) is 0 Å². The molecule has 0 N–H and O–H groups in total. The zero-order chi connectivity index (χ0) is 12.3. The van der Waals surface area contributed by atoms with Crippen LogP contribution in [0, 0.1) is 5.82 Å². The average molecular weight is 240 g/mol. The lowest BCUT2D eigenvalue weighted by molar-refractivity contribution is -0.0521. The molecule has 0 bridgehead atoms. The Morgan fingerprint density at radius 2 is 1.88 bits per heavy atom. The minimum atomic E-state index is -3.04. The van der Waals surface area contributed by atoms with Gasteiger partial charge < -0.3 is 4.74 Å². The summed E-state index contributed by atoms with van der Waals surface area (Å²) in [6.07, 6.45) is 2.90. The van der Waals surface area contributed by atoms with Crippen molar-refractivity contribution in [2.24, 2.45) is 0 Å². The molecule has 0 atom stereocenters. The average Bonchev–Trinajstić information content (AvgIpc) is 2.32. The minimum Gasteiger partial charge on any atom is -0.432 e. The van der Waals surface area contributed by atoms with Gasteiger partial charge in [-0.15, -0.1) is 0 Å². The summed E-state index contributed by atoms with van der Waals surface area (Å²) in [4.78, 5) is 0. The van der Waals surface area contributed by atoms with Crippen LogP contribution < -0.4 is 4.74 Å². The first kappa shape index (κ1) is 11.4. The number of rotatable bonds is 3. The highest BCUT2D eigenvalue weighted by Crippen LogP contribution is 2.25. The van der Waals surface area contributed by atoms with Crippen molar-refractivity contribution in [3.63, 3.8) is 0 Å². The van der Waals surface area contributed by atoms with E-state index in [2.05, 4.69) is 14.9 Å². The quantitative estimate of drug-likeness (QED) is 0.827. The molecule has 0 spiro atoms. The summed E-state index contributed by atoms with van der Waals surface area (Å²) in [5, 5.41) is 7.22. The maximum atomic E-state index is 13.4. The summed E-state index contributed by atoms with van der Waals surface area (Å²) in [6, 6.07) is 5.36. The second kappa shape index (κ2) is 4.82. The third-order valence-corrected chi connectivity index (χ3v) is 2.07. The van der Waals surface area contributed by atoms with Gasteiger partial charge in [-0.2, -0.15) is 19.0 Å². The molecule has 3 nitrogen and oxygen atoms in total. The SMILES string of the molecule is Fc1cc(-c2ccnnc2)ccc1OC(F)F. The molecule has 1 heterocycles. The van der Waals surface area contributed by atoms with E-state index in [0.717, 1.165) is 12.1 Å². The normalized spacial score (nSPS) is 10.6. The van der Waals surface area contributed by atoms with Gasteiger partial charge in [-0.3, -0.25) is 0 Å². The summed E-state index contributed by atoms with van der Waals surface area (Å²) in [6.45, 7) is -3.04. The van der Waals surface area contributed by atoms with Gasteiger partial charge in [-0.1, -0.05) is 6.07 Å². The van der Waals surface area contributed by atoms with Crippen molar-refractivity contribution >= 4 is 0 Å². The molecule has 0 saturated heterocycles. The zero-order valence-corrected chi connectivity index (χ0v) is 8.48. The number of hydrogen-bond acceptors (Lipinski definition) is 3. The van der Waals surface area contributed by atoms with Crippen LogP contribution in [0.1, 0.15) is 0 Å². The molecule has 0 saturated carbocycles. The number of halogens is 3. The van der Waals surface area contributed by atoms with E-state index in [4.69, 9.17) is 0 Å². The van der Waals surface area contributed by atoms with Gasteiger partial charge in [0.2, 0.25) is 0 Å². The summed E-state index contributed by atoms with van der Waals surface area (Å²) < 4.78 is 41.2. The number of hydrogen-bond donors (Lipinski definition) is 0. The fourth-order valence-electron chi connectivity index (χ4n) is 1.33. The molecular weight excluding hydrogens is 233 g/mol. The number of alkyl halides is 2. The smallest absolute Gasteiger partial charge is 0.387 e. The first-order valence-corrected chi connectivity index (χ1v) is 4.68. The van der Waals surface area contributed by atoms with Crippen molar-refractivity contribution in [3.8, 4) is 16.9 Å². The lowest BCUT2D eigenvalue weighted by atomic mass is 10.1. The molecule has 1 aromatic heterocycles. The van der Waals surface area contributed by atoms with Crippen LogP contribution in [0.5, 0.6) is 5.75 Å². The summed E-state index contributed by atoms with van der Waals surface area (Å²) >= 11 is 0. The van der Waals surface area contributed by atoms with Gasteiger partial charge in [-0.25, -0.2) is 4.39 Å². The largest absolute Gasteiger partial charge is 0.432 e. The van der Waals surface area contributed by atoms with Crippen molar-refractivity contribution < 1.29 is 17.9 Å². The number of benzene rings is 1. The molecule has 0 amide bonds. The molecule has 0 aliphatic rings. The van der Waals surface area contributed by atoms with Crippen LogP contribution in [0.25, 0.3) is 11.1 Å². The van der Waals surface area contributed by atoms with Gasteiger partial charge in [0.05, 0.1) is 12.4 Å². The molecule has 0 unspecified atom stereocenters. The fraction of sp³-hybridized carbons (Fsp3) is 0.0909. The summed E-state index contributed by atoms with van der Waals surface area (Å²) in [7, 11) is 0. The van der Waals surface area contributed by atoms with Gasteiger partial charge in [0.25, 0.3) is 0 Å². The molecule has 0 aliphatic heterocycles. The van der Waals surface area contributed by atoms with E-state index >= 15 is 0 Å². The lowest BCUT2D eigenvalue weighted by Gasteiger charge is -2.07. The van der Waals surface area contributed by atoms with E-state index in [1.54, 1.807) is 6.07 Å². The van der Waals surface area contributed by atoms with Crippen molar-refractivity contribution in [2.75, 3.05) is 0 Å². The highest BCUT2D eigenvalue weighted by Gasteiger charge is 2.10. The van der Waals surface area contributed by atoms with E-state index < -0.39 is 18.2 Å². The first-order valence-electron chi connectivity index (χ1n) is 4.68. The molecular formula is C11H7F3N2O. The van der Waals surface area contributed by atoms with Gasteiger partial charge in [-0.05, 0) is 23.8 Å². The number of aromatic nitrogens is 2. The number of nitrogens with zero attached hydrogens (tertiary/aromatic N) is 2. The Balaban J connectivity index is 2.31. The van der Waals surface area contributed by atoms with E-state index in [1.807, 2.05) is 0 Å². The molecule has 0 fully saturated rings. The standard InChI is InChI=1S/C11H7F3N2O/c12-9-5-7(8-3-4-15-16-6-8)1-2-10(9)17-11(13)14/h1-6,11H. The highest BCUT2D eigenvalue weighted by molar-refractivity contribution is 5.62. The van der Waals surface area contributed by atoms with E-state index in [1.165, 1.54) is 18.5 Å². The Kier molecular flexibility index (Phi) is 3.22. The van der Waals surface area contributed by atoms with Crippen LogP contribution >= 0.6 is 0 Å². The maximum Gasteiger partial charge on any atom is 0.387 e. The van der Waals surface area contributed by atoms with Crippen molar-refractivity contribution in [2.45, 2.75) is 6.61 Å². The van der Waals surface area contributed by atoms with E-state index in [9.17, 15) is 13.2 Å². The Labute approximate surface area is 94.9 Å². The highest BCUT2D eigenvalue weighted by atomic mass is 19.3. The van der Waals surface area contributed by atoms with Crippen LogP contribution in [0.3, 0.4) is 0 Å². The topological polar surface area (TPSA) is 35.0 Å². The Bertz CT molecular complexity index is 505. The second-order valence-corrected chi connectivity index (χ2v) is 3.15. The fourth-order valence-corrected chi connectivity index (χ4v) is 1.33. The third kappa shape index (κ3) is 2.72. The van der Waals surface area contributed by atoms with Gasteiger partial charge in [0, 0.05) is 5.56 Å². The van der Waals surface area contributed by atoms with Crippen LogP contribution in [0.15, 0.2) is 36.7 Å². The van der Waals surface area contributed by atoms with Gasteiger partial charge in [0.1, 0.15) is 0 Å².